The molecule has 0 saturated heterocycles. The molecule has 1 aromatic carbocycles. The van der Waals surface area contributed by atoms with E-state index in [-0.39, 0.29) is 11.8 Å². The number of carbonyl (C=O) groups excluding carboxylic acids is 1. The third-order valence-corrected chi connectivity index (χ3v) is 3.83. The Morgan fingerprint density at radius 1 is 1.50 bits per heavy atom. The summed E-state index contributed by atoms with van der Waals surface area (Å²) in [6.45, 7) is 2.75. The number of anilines is 1. The molecule has 0 aliphatic carbocycles. The van der Waals surface area contributed by atoms with E-state index in [1.807, 2.05) is 31.2 Å². The molecule has 1 aromatic heterocycles. The van der Waals surface area contributed by atoms with E-state index in [0.29, 0.717) is 23.7 Å². The maximum Gasteiger partial charge on any atom is 0.204 e. The molecule has 1 atom stereocenters. The molecule has 1 unspecified atom stereocenters. The topological polar surface area (TPSA) is 46.9 Å². The molecule has 0 bridgehead atoms. The normalized spacial score (nSPS) is 16.8. The van der Waals surface area contributed by atoms with Gasteiger partial charge >= 0.3 is 0 Å². The van der Waals surface area contributed by atoms with E-state index in [0.717, 1.165) is 12.1 Å². The van der Waals surface area contributed by atoms with Gasteiger partial charge in [-0.1, -0.05) is 36.7 Å². The minimum absolute atomic E-state index is 0.0113. The van der Waals surface area contributed by atoms with E-state index in [1.165, 1.54) is 5.56 Å². The molecule has 1 aliphatic rings. The molecule has 0 saturated carbocycles. The van der Waals surface area contributed by atoms with Crippen LogP contribution in [-0.4, -0.2) is 21.6 Å². The van der Waals surface area contributed by atoms with Crippen molar-refractivity contribution < 1.29 is 4.79 Å². The number of aromatic nitrogens is 2. The van der Waals surface area contributed by atoms with Crippen molar-refractivity contribution in [2.75, 3.05) is 5.32 Å². The van der Waals surface area contributed by atoms with Gasteiger partial charge < -0.3 is 5.32 Å². The van der Waals surface area contributed by atoms with Gasteiger partial charge in [0.25, 0.3) is 0 Å². The largest absolute Gasteiger partial charge is 0.374 e. The zero-order valence-corrected chi connectivity index (χ0v) is 12.0. The van der Waals surface area contributed by atoms with Crippen molar-refractivity contribution >= 4 is 23.1 Å². The van der Waals surface area contributed by atoms with Crippen LogP contribution in [0.25, 0.3) is 0 Å². The van der Waals surface area contributed by atoms with Crippen LogP contribution in [0.4, 0.5) is 5.69 Å². The van der Waals surface area contributed by atoms with Crippen LogP contribution in [0.2, 0.25) is 5.02 Å². The fourth-order valence-corrected chi connectivity index (χ4v) is 2.84. The Kier molecular flexibility index (Phi) is 3.49. The van der Waals surface area contributed by atoms with Gasteiger partial charge in [-0.05, 0) is 18.1 Å². The van der Waals surface area contributed by atoms with Gasteiger partial charge in [-0.2, -0.15) is 5.10 Å². The third-order valence-electron chi connectivity index (χ3n) is 3.55. The summed E-state index contributed by atoms with van der Waals surface area (Å²) in [4.78, 5) is 12.7. The minimum atomic E-state index is -0.253. The second-order valence-corrected chi connectivity index (χ2v) is 5.39. The SMILES string of the molecule is CCCn1ncc(Cl)c1C(=O)C1Cc2ccccc2N1. The van der Waals surface area contributed by atoms with Crippen molar-refractivity contribution in [3.05, 3.63) is 46.7 Å². The molecule has 1 aliphatic heterocycles. The lowest BCUT2D eigenvalue weighted by Gasteiger charge is -2.12. The van der Waals surface area contributed by atoms with Crippen LogP contribution in [0.15, 0.2) is 30.5 Å². The highest BCUT2D eigenvalue weighted by Crippen LogP contribution is 2.28. The molecule has 2 heterocycles. The molecule has 0 amide bonds. The highest BCUT2D eigenvalue weighted by molar-refractivity contribution is 6.34. The highest BCUT2D eigenvalue weighted by Gasteiger charge is 2.30. The van der Waals surface area contributed by atoms with Gasteiger partial charge in [-0.25, -0.2) is 0 Å². The summed E-state index contributed by atoms with van der Waals surface area (Å²) in [7, 11) is 0. The molecular formula is C15H16ClN3O. The Hall–Kier alpha value is -1.81. The first-order chi connectivity index (χ1) is 9.70. The van der Waals surface area contributed by atoms with Crippen molar-refractivity contribution in [1.82, 2.24) is 9.78 Å². The molecule has 4 nitrogen and oxygen atoms in total. The van der Waals surface area contributed by atoms with E-state index in [1.54, 1.807) is 10.9 Å². The first-order valence-corrected chi connectivity index (χ1v) is 7.18. The number of hydrogen-bond acceptors (Lipinski definition) is 3. The summed E-state index contributed by atoms with van der Waals surface area (Å²) in [5, 5.41) is 7.88. The summed E-state index contributed by atoms with van der Waals surface area (Å²) < 4.78 is 1.70. The van der Waals surface area contributed by atoms with E-state index in [9.17, 15) is 4.79 Å². The van der Waals surface area contributed by atoms with Gasteiger partial charge in [-0.3, -0.25) is 9.48 Å². The second-order valence-electron chi connectivity index (χ2n) is 4.99. The molecule has 2 aromatic rings. The first-order valence-electron chi connectivity index (χ1n) is 6.80. The van der Waals surface area contributed by atoms with Gasteiger partial charge in [0.05, 0.1) is 17.3 Å². The van der Waals surface area contributed by atoms with Crippen molar-refractivity contribution in [2.45, 2.75) is 32.4 Å². The zero-order chi connectivity index (χ0) is 14.1. The molecule has 1 N–H and O–H groups in total. The van der Waals surface area contributed by atoms with Crippen LogP contribution in [0, 0.1) is 0 Å². The molecule has 104 valence electrons. The molecule has 0 spiro atoms. The Labute approximate surface area is 122 Å². The molecule has 5 heteroatoms. The number of rotatable bonds is 4. The summed E-state index contributed by atoms with van der Waals surface area (Å²) >= 11 is 6.13. The number of benzene rings is 1. The van der Waals surface area contributed by atoms with Gasteiger partial charge in [0.15, 0.2) is 0 Å². The Morgan fingerprint density at radius 2 is 2.30 bits per heavy atom. The fraction of sp³-hybridized carbons (Fsp3) is 0.333. The van der Waals surface area contributed by atoms with E-state index < -0.39 is 0 Å². The van der Waals surface area contributed by atoms with Crippen molar-refractivity contribution in [1.29, 1.82) is 0 Å². The number of halogens is 1. The number of nitrogens with one attached hydrogen (secondary N) is 1. The molecule has 0 fully saturated rings. The number of Topliss-reactive ketones (excluding diaryl/α,β-unsaturated/α-hetero) is 1. The lowest BCUT2D eigenvalue weighted by Crippen LogP contribution is -2.29. The van der Waals surface area contributed by atoms with Crippen LogP contribution in [0.5, 0.6) is 0 Å². The summed E-state index contributed by atoms with van der Waals surface area (Å²) in [6, 6.07) is 7.74. The summed E-state index contributed by atoms with van der Waals surface area (Å²) in [5.41, 5.74) is 2.71. The molecule has 0 radical (unpaired) electrons. The average molecular weight is 290 g/mol. The quantitative estimate of drug-likeness (QED) is 0.880. The minimum Gasteiger partial charge on any atom is -0.374 e. The number of carbonyl (C=O) groups is 1. The van der Waals surface area contributed by atoms with Gasteiger partial charge in [0.2, 0.25) is 5.78 Å². The lowest BCUT2D eigenvalue weighted by atomic mass is 10.0. The second kappa shape index (κ2) is 5.29. The van der Waals surface area contributed by atoms with Crippen LogP contribution in [0.3, 0.4) is 0 Å². The number of ketones is 1. The highest BCUT2D eigenvalue weighted by atomic mass is 35.5. The fourth-order valence-electron chi connectivity index (χ4n) is 2.61. The van der Waals surface area contributed by atoms with Crippen molar-refractivity contribution in [3.8, 4) is 0 Å². The summed E-state index contributed by atoms with van der Waals surface area (Å²) in [6.07, 6.45) is 3.16. The number of para-hydroxylation sites is 1. The van der Waals surface area contributed by atoms with Gasteiger partial charge in [0, 0.05) is 18.7 Å². The monoisotopic (exact) mass is 289 g/mol. The number of hydrogen-bond donors (Lipinski definition) is 1. The smallest absolute Gasteiger partial charge is 0.204 e. The Bertz CT molecular complexity index is 625. The number of fused-ring (bicyclic) bond motifs is 1. The number of nitrogens with zero attached hydrogens (tertiary/aromatic N) is 2. The lowest BCUT2D eigenvalue weighted by molar-refractivity contribution is 0.0961. The number of aryl methyl sites for hydroxylation is 1. The van der Waals surface area contributed by atoms with E-state index in [4.69, 9.17) is 11.6 Å². The maximum absolute atomic E-state index is 12.7. The van der Waals surface area contributed by atoms with E-state index >= 15 is 0 Å². The third kappa shape index (κ3) is 2.20. The van der Waals surface area contributed by atoms with Gasteiger partial charge in [-0.15, -0.1) is 0 Å². The first kappa shape index (κ1) is 13.2. The standard InChI is InChI=1S/C15H16ClN3O/c1-2-7-19-14(11(16)9-17-19)15(20)13-8-10-5-3-4-6-12(10)18-13/h3-6,9,13,18H,2,7-8H2,1H3. The zero-order valence-electron chi connectivity index (χ0n) is 11.3. The predicted octanol–water partition coefficient (Wildman–Crippen LogP) is 3.17. The Balaban J connectivity index is 1.86. The average Bonchev–Trinajstić information content (AvgIpc) is 3.02. The predicted molar refractivity (Wildman–Crippen MR) is 79.4 cm³/mol. The molecular weight excluding hydrogens is 274 g/mol. The van der Waals surface area contributed by atoms with Crippen molar-refractivity contribution in [3.63, 3.8) is 0 Å². The van der Waals surface area contributed by atoms with Crippen LogP contribution >= 0.6 is 11.6 Å². The van der Waals surface area contributed by atoms with Crippen LogP contribution in [0.1, 0.15) is 29.4 Å². The van der Waals surface area contributed by atoms with E-state index in [2.05, 4.69) is 10.4 Å². The molecule has 20 heavy (non-hydrogen) atoms. The Morgan fingerprint density at radius 3 is 3.05 bits per heavy atom. The van der Waals surface area contributed by atoms with Crippen molar-refractivity contribution in [2.24, 2.45) is 0 Å². The molecule has 3 rings (SSSR count). The maximum atomic E-state index is 12.7. The summed E-state index contributed by atoms with van der Waals surface area (Å²) in [5.74, 6) is 0.0113. The van der Waals surface area contributed by atoms with Gasteiger partial charge in [0.1, 0.15) is 5.69 Å². The van der Waals surface area contributed by atoms with Crippen LogP contribution in [-0.2, 0) is 13.0 Å². The van der Waals surface area contributed by atoms with Crippen LogP contribution < -0.4 is 5.32 Å².